The highest BCUT2D eigenvalue weighted by Crippen LogP contribution is 2.37. The lowest BCUT2D eigenvalue weighted by Crippen LogP contribution is -2.41. The van der Waals surface area contributed by atoms with Crippen LogP contribution in [0.3, 0.4) is 0 Å². The van der Waals surface area contributed by atoms with Crippen LogP contribution in [-0.2, 0) is 9.31 Å². The van der Waals surface area contributed by atoms with E-state index in [4.69, 9.17) is 20.9 Å². The van der Waals surface area contributed by atoms with Crippen molar-refractivity contribution in [2.45, 2.75) is 38.9 Å². The van der Waals surface area contributed by atoms with Crippen molar-refractivity contribution in [3.63, 3.8) is 0 Å². The molecular formula is C16H18BClO3. The molecule has 3 rings (SSSR count). The summed E-state index contributed by atoms with van der Waals surface area (Å²) in [4.78, 5) is 0. The summed E-state index contributed by atoms with van der Waals surface area (Å²) in [6.45, 7) is 8.02. The molecule has 0 aromatic heterocycles. The van der Waals surface area contributed by atoms with Crippen molar-refractivity contribution in [1.29, 1.82) is 0 Å². The van der Waals surface area contributed by atoms with E-state index in [1.165, 1.54) is 0 Å². The molecule has 21 heavy (non-hydrogen) atoms. The summed E-state index contributed by atoms with van der Waals surface area (Å²) < 4.78 is 12.2. The molecule has 110 valence electrons. The molecule has 2 aromatic carbocycles. The molecule has 0 radical (unpaired) electrons. The Morgan fingerprint density at radius 1 is 1.00 bits per heavy atom. The summed E-state index contributed by atoms with van der Waals surface area (Å²) in [5.41, 5.74) is -0.0478. The maximum Gasteiger partial charge on any atom is 0.495 e. The number of hydrogen-bond donors (Lipinski definition) is 1. The van der Waals surface area contributed by atoms with Crippen LogP contribution in [0, 0.1) is 0 Å². The Labute approximate surface area is 130 Å². The average Bonchev–Trinajstić information content (AvgIpc) is 2.58. The summed E-state index contributed by atoms with van der Waals surface area (Å²) in [5, 5.41) is 12.4. The minimum Gasteiger partial charge on any atom is -0.508 e. The molecule has 0 amide bonds. The summed E-state index contributed by atoms with van der Waals surface area (Å²) >= 11 is 6.11. The van der Waals surface area contributed by atoms with E-state index in [2.05, 4.69) is 0 Å². The molecular weight excluding hydrogens is 286 g/mol. The first-order valence-corrected chi connectivity index (χ1v) is 7.35. The van der Waals surface area contributed by atoms with Gasteiger partial charge in [0.1, 0.15) is 5.75 Å². The van der Waals surface area contributed by atoms with Crippen molar-refractivity contribution in [1.82, 2.24) is 0 Å². The van der Waals surface area contributed by atoms with Gasteiger partial charge in [0.05, 0.1) is 11.2 Å². The molecule has 1 N–H and O–H groups in total. The summed E-state index contributed by atoms with van der Waals surface area (Å²) in [6.07, 6.45) is 0. The number of phenols is 1. The number of phenolic OH excluding ortho intramolecular Hbond substituents is 1. The van der Waals surface area contributed by atoms with E-state index in [-0.39, 0.29) is 5.75 Å². The third-order valence-corrected chi connectivity index (χ3v) is 4.68. The van der Waals surface area contributed by atoms with Gasteiger partial charge in [-0.25, -0.2) is 0 Å². The fraction of sp³-hybridized carbons (Fsp3) is 0.375. The third-order valence-electron chi connectivity index (χ3n) is 4.44. The molecule has 2 aromatic rings. The molecule has 3 nitrogen and oxygen atoms in total. The number of fused-ring (bicyclic) bond motifs is 1. The van der Waals surface area contributed by atoms with Crippen LogP contribution >= 0.6 is 11.6 Å². The number of rotatable bonds is 1. The van der Waals surface area contributed by atoms with Crippen LogP contribution < -0.4 is 5.46 Å². The second kappa shape index (κ2) is 4.63. The molecule has 5 heteroatoms. The smallest absolute Gasteiger partial charge is 0.495 e. The Kier molecular flexibility index (Phi) is 3.24. The number of benzene rings is 2. The molecule has 0 spiro atoms. The third kappa shape index (κ3) is 2.41. The normalized spacial score (nSPS) is 20.1. The molecule has 0 unspecified atom stereocenters. The Hall–Kier alpha value is -1.23. The second-order valence-electron chi connectivity index (χ2n) is 6.49. The lowest BCUT2D eigenvalue weighted by Gasteiger charge is -2.32. The Morgan fingerprint density at radius 3 is 2.24 bits per heavy atom. The van der Waals surface area contributed by atoms with Crippen LogP contribution in [0.4, 0.5) is 0 Å². The lowest BCUT2D eigenvalue weighted by atomic mass is 9.76. The first kappa shape index (κ1) is 14.7. The predicted molar refractivity (Wildman–Crippen MR) is 86.3 cm³/mol. The van der Waals surface area contributed by atoms with Gasteiger partial charge in [-0.1, -0.05) is 17.7 Å². The van der Waals surface area contributed by atoms with Crippen LogP contribution in [0.5, 0.6) is 5.75 Å². The standard InChI is InChI=1S/C16H18BClO3/c1-15(2)16(3,4)21-17(20-15)14-9-12(19)7-10-5-6-11(18)8-13(10)14/h5-9,19H,1-4H3. The largest absolute Gasteiger partial charge is 0.508 e. The van der Waals surface area contributed by atoms with Crippen molar-refractivity contribution in [2.75, 3.05) is 0 Å². The van der Waals surface area contributed by atoms with Crippen LogP contribution in [0.15, 0.2) is 30.3 Å². The van der Waals surface area contributed by atoms with E-state index >= 15 is 0 Å². The topological polar surface area (TPSA) is 38.7 Å². The fourth-order valence-electron chi connectivity index (χ4n) is 2.51. The van der Waals surface area contributed by atoms with Crippen LogP contribution in [0.25, 0.3) is 10.8 Å². The highest BCUT2D eigenvalue weighted by Gasteiger charge is 2.52. The van der Waals surface area contributed by atoms with Gasteiger partial charge in [-0.15, -0.1) is 0 Å². The van der Waals surface area contributed by atoms with E-state index < -0.39 is 18.3 Å². The maximum atomic E-state index is 9.96. The van der Waals surface area contributed by atoms with E-state index in [0.29, 0.717) is 5.02 Å². The van der Waals surface area contributed by atoms with E-state index in [1.54, 1.807) is 18.2 Å². The van der Waals surface area contributed by atoms with Crippen LogP contribution in [0.1, 0.15) is 27.7 Å². The minimum absolute atomic E-state index is 0.189. The number of halogens is 1. The highest BCUT2D eigenvalue weighted by molar-refractivity contribution is 6.65. The quantitative estimate of drug-likeness (QED) is 0.820. The van der Waals surface area contributed by atoms with Crippen molar-refractivity contribution in [2.24, 2.45) is 0 Å². The van der Waals surface area contributed by atoms with Gasteiger partial charge >= 0.3 is 7.12 Å². The average molecular weight is 305 g/mol. The molecule has 0 atom stereocenters. The second-order valence-corrected chi connectivity index (χ2v) is 6.93. The summed E-state index contributed by atoms with van der Waals surface area (Å²) in [6, 6.07) is 8.95. The van der Waals surface area contributed by atoms with Gasteiger partial charge in [-0.2, -0.15) is 0 Å². The molecule has 0 bridgehead atoms. The fourth-order valence-corrected chi connectivity index (χ4v) is 2.68. The van der Waals surface area contributed by atoms with Crippen molar-refractivity contribution < 1.29 is 14.4 Å². The van der Waals surface area contributed by atoms with Crippen LogP contribution in [-0.4, -0.2) is 23.4 Å². The van der Waals surface area contributed by atoms with Crippen molar-refractivity contribution >= 4 is 35.0 Å². The summed E-state index contributed by atoms with van der Waals surface area (Å²) in [5.74, 6) is 0.189. The van der Waals surface area contributed by atoms with Gasteiger partial charge in [-0.3, -0.25) is 0 Å². The molecule has 1 aliphatic heterocycles. The van der Waals surface area contributed by atoms with Gasteiger partial charge < -0.3 is 14.4 Å². The molecule has 0 saturated carbocycles. The van der Waals surface area contributed by atoms with Gasteiger partial charge in [0.25, 0.3) is 0 Å². The minimum atomic E-state index is -0.525. The summed E-state index contributed by atoms with van der Waals surface area (Å²) in [7, 11) is -0.525. The van der Waals surface area contributed by atoms with Crippen LogP contribution in [0.2, 0.25) is 5.02 Å². The van der Waals surface area contributed by atoms with Gasteiger partial charge in [0.2, 0.25) is 0 Å². The first-order chi connectivity index (χ1) is 9.69. The Bertz CT molecular complexity index is 696. The zero-order valence-corrected chi connectivity index (χ0v) is 13.4. The monoisotopic (exact) mass is 304 g/mol. The van der Waals surface area contributed by atoms with Gasteiger partial charge in [-0.05, 0) is 68.2 Å². The molecule has 1 fully saturated rings. The SMILES string of the molecule is CC1(C)OB(c2cc(O)cc3ccc(Cl)cc23)OC1(C)C. The van der Waals surface area contributed by atoms with E-state index in [1.807, 2.05) is 39.8 Å². The van der Waals surface area contributed by atoms with Gasteiger partial charge in [0, 0.05) is 5.02 Å². The zero-order valence-electron chi connectivity index (χ0n) is 12.6. The molecule has 1 saturated heterocycles. The first-order valence-electron chi connectivity index (χ1n) is 6.97. The van der Waals surface area contributed by atoms with E-state index in [0.717, 1.165) is 16.2 Å². The molecule has 0 aliphatic carbocycles. The van der Waals surface area contributed by atoms with Crippen molar-refractivity contribution in [3.05, 3.63) is 35.4 Å². The molecule has 1 aliphatic rings. The highest BCUT2D eigenvalue weighted by atomic mass is 35.5. The Morgan fingerprint density at radius 2 is 1.62 bits per heavy atom. The van der Waals surface area contributed by atoms with E-state index in [9.17, 15) is 5.11 Å². The van der Waals surface area contributed by atoms with Gasteiger partial charge in [0.15, 0.2) is 0 Å². The van der Waals surface area contributed by atoms with Crippen molar-refractivity contribution in [3.8, 4) is 5.75 Å². The molecule has 1 heterocycles. The number of hydrogen-bond acceptors (Lipinski definition) is 3. The predicted octanol–water partition coefficient (Wildman–Crippen LogP) is 3.50. The maximum absolute atomic E-state index is 9.96. The number of aromatic hydroxyl groups is 1. The Balaban J connectivity index is 2.15. The lowest BCUT2D eigenvalue weighted by molar-refractivity contribution is 0.00578. The zero-order chi connectivity index (χ0) is 15.4.